The van der Waals surface area contributed by atoms with Crippen LogP contribution in [0.15, 0.2) is 6.20 Å². The molecule has 0 amide bonds. The molecule has 5 nitrogen and oxygen atoms in total. The number of sulfonamides is 1. The molecule has 0 aromatic carbocycles. The highest BCUT2D eigenvalue weighted by Gasteiger charge is 2.23. The molecular weight excluding hydrogens is 238 g/mol. The monoisotopic (exact) mass is 259 g/mol. The molecule has 0 bridgehead atoms. The minimum atomic E-state index is -3.50. The third-order valence-corrected chi connectivity index (χ3v) is 3.74. The van der Waals surface area contributed by atoms with Gasteiger partial charge in [0.05, 0.1) is 17.5 Å². The highest BCUT2D eigenvalue weighted by molar-refractivity contribution is 7.88. The zero-order chi connectivity index (χ0) is 13.4. The van der Waals surface area contributed by atoms with Gasteiger partial charge < -0.3 is 0 Å². The number of aromatic nitrogens is 2. The Morgan fingerprint density at radius 1 is 1.47 bits per heavy atom. The first-order valence-electron chi connectivity index (χ1n) is 5.56. The van der Waals surface area contributed by atoms with Gasteiger partial charge in [-0.15, -0.1) is 0 Å². The largest absolute Gasteiger partial charge is 0.269 e. The van der Waals surface area contributed by atoms with Gasteiger partial charge in [-0.1, -0.05) is 20.8 Å². The maximum absolute atomic E-state index is 11.1. The van der Waals surface area contributed by atoms with Crippen LogP contribution in [0.25, 0.3) is 0 Å². The second-order valence-corrected chi connectivity index (χ2v) is 7.18. The molecule has 1 unspecified atom stereocenters. The summed E-state index contributed by atoms with van der Waals surface area (Å²) in [5, 5.41) is 9.40. The molecule has 0 radical (unpaired) electrons. The van der Waals surface area contributed by atoms with Gasteiger partial charge in [0, 0.05) is 11.8 Å². The van der Waals surface area contributed by atoms with Gasteiger partial charge in [0.15, 0.2) is 0 Å². The molecule has 0 saturated heterocycles. The van der Waals surface area contributed by atoms with Crippen molar-refractivity contribution in [2.24, 2.45) is 10.6 Å². The Balaban J connectivity index is 3.04. The van der Waals surface area contributed by atoms with Crippen molar-refractivity contribution in [1.29, 1.82) is 0 Å². The van der Waals surface area contributed by atoms with Gasteiger partial charge in [-0.3, -0.25) is 4.68 Å². The molecule has 1 rings (SSSR count). The number of aryl methyl sites for hydroxylation is 1. The number of hydrogen-bond acceptors (Lipinski definition) is 3. The van der Waals surface area contributed by atoms with Crippen molar-refractivity contribution in [3.05, 3.63) is 17.5 Å². The van der Waals surface area contributed by atoms with E-state index in [-0.39, 0.29) is 17.2 Å². The zero-order valence-electron chi connectivity index (χ0n) is 11.1. The Bertz CT molecular complexity index is 497. The maximum Gasteiger partial charge on any atom is 0.213 e. The minimum absolute atomic E-state index is 0.0668. The lowest BCUT2D eigenvalue weighted by Crippen LogP contribution is -2.22. The number of nitrogens with two attached hydrogens (primary N) is 1. The van der Waals surface area contributed by atoms with E-state index in [4.69, 9.17) is 5.14 Å². The van der Waals surface area contributed by atoms with Gasteiger partial charge in [-0.25, -0.2) is 13.6 Å². The first-order chi connectivity index (χ1) is 7.50. The maximum atomic E-state index is 11.1. The number of primary sulfonamides is 1. The molecule has 6 heteroatoms. The summed E-state index contributed by atoms with van der Waals surface area (Å²) in [4.78, 5) is 0. The summed E-state index contributed by atoms with van der Waals surface area (Å²) in [5.74, 6) is -0.157. The molecule has 0 fully saturated rings. The standard InChI is InChI=1S/C11H21N3O2S/c1-8-10(7-17(12,15)16)6-14(13-8)9(2)11(3,4)5/h6,9H,7H2,1-5H3,(H2,12,15,16). The topological polar surface area (TPSA) is 78.0 Å². The molecule has 0 saturated carbocycles. The quantitative estimate of drug-likeness (QED) is 0.895. The second-order valence-electron chi connectivity index (χ2n) is 5.57. The summed E-state index contributed by atoms with van der Waals surface area (Å²) in [6.45, 7) is 10.2. The molecular formula is C11H21N3O2S. The van der Waals surface area contributed by atoms with Crippen LogP contribution in [-0.4, -0.2) is 18.2 Å². The van der Waals surface area contributed by atoms with Crippen molar-refractivity contribution in [2.75, 3.05) is 0 Å². The summed E-state index contributed by atoms with van der Waals surface area (Å²) in [5.41, 5.74) is 1.45. The third kappa shape index (κ3) is 3.81. The SMILES string of the molecule is Cc1nn(C(C)C(C)(C)C)cc1CS(N)(=O)=O. The van der Waals surface area contributed by atoms with Crippen LogP contribution >= 0.6 is 0 Å². The summed E-state index contributed by atoms with van der Waals surface area (Å²) in [6, 6.07) is 0.190. The smallest absolute Gasteiger partial charge is 0.213 e. The first-order valence-corrected chi connectivity index (χ1v) is 7.27. The highest BCUT2D eigenvalue weighted by atomic mass is 32.2. The molecule has 0 aliphatic heterocycles. The minimum Gasteiger partial charge on any atom is -0.269 e. The van der Waals surface area contributed by atoms with Crippen LogP contribution in [-0.2, 0) is 15.8 Å². The van der Waals surface area contributed by atoms with Crippen LogP contribution in [0.2, 0.25) is 0 Å². The van der Waals surface area contributed by atoms with Crippen molar-refractivity contribution in [1.82, 2.24) is 9.78 Å². The van der Waals surface area contributed by atoms with Crippen LogP contribution in [0.4, 0.5) is 0 Å². The molecule has 2 N–H and O–H groups in total. The van der Waals surface area contributed by atoms with E-state index in [0.717, 1.165) is 5.69 Å². The van der Waals surface area contributed by atoms with Gasteiger partial charge >= 0.3 is 0 Å². The fourth-order valence-corrected chi connectivity index (χ4v) is 2.19. The fraction of sp³-hybridized carbons (Fsp3) is 0.727. The molecule has 1 atom stereocenters. The normalized spacial score (nSPS) is 14.9. The average Bonchev–Trinajstić information content (AvgIpc) is 2.42. The molecule has 17 heavy (non-hydrogen) atoms. The molecule has 1 aromatic rings. The number of rotatable bonds is 3. The third-order valence-electron chi connectivity index (χ3n) is 3.03. The lowest BCUT2D eigenvalue weighted by atomic mass is 9.88. The molecule has 98 valence electrons. The predicted molar refractivity (Wildman–Crippen MR) is 67.9 cm³/mol. The summed E-state index contributed by atoms with van der Waals surface area (Å²) < 4.78 is 24.0. The number of hydrogen-bond donors (Lipinski definition) is 1. The Hall–Kier alpha value is -0.880. The van der Waals surface area contributed by atoms with Gasteiger partial charge in [0.1, 0.15) is 0 Å². The fourth-order valence-electron chi connectivity index (χ4n) is 1.47. The first kappa shape index (κ1) is 14.2. The van der Waals surface area contributed by atoms with Crippen molar-refractivity contribution < 1.29 is 8.42 Å². The molecule has 0 aliphatic rings. The Morgan fingerprint density at radius 2 is 2.00 bits per heavy atom. The van der Waals surface area contributed by atoms with E-state index in [1.807, 2.05) is 4.68 Å². The summed E-state index contributed by atoms with van der Waals surface area (Å²) >= 11 is 0. The van der Waals surface area contributed by atoms with E-state index in [9.17, 15) is 8.42 Å². The summed E-state index contributed by atoms with van der Waals surface area (Å²) in [6.07, 6.45) is 1.77. The Kier molecular flexibility index (Phi) is 3.69. The lowest BCUT2D eigenvalue weighted by molar-refractivity contribution is 0.244. The Morgan fingerprint density at radius 3 is 2.41 bits per heavy atom. The van der Waals surface area contributed by atoms with Gasteiger partial charge in [0.25, 0.3) is 0 Å². The van der Waals surface area contributed by atoms with Crippen molar-refractivity contribution >= 4 is 10.0 Å². The predicted octanol–water partition coefficient (Wildman–Crippen LogP) is 1.59. The average molecular weight is 259 g/mol. The van der Waals surface area contributed by atoms with Crippen LogP contribution in [0.3, 0.4) is 0 Å². The van der Waals surface area contributed by atoms with Gasteiger partial charge in [-0.2, -0.15) is 5.10 Å². The van der Waals surface area contributed by atoms with Crippen LogP contribution in [0.1, 0.15) is 45.0 Å². The van der Waals surface area contributed by atoms with Crippen LogP contribution in [0, 0.1) is 12.3 Å². The van der Waals surface area contributed by atoms with Crippen molar-refractivity contribution in [2.45, 2.75) is 46.4 Å². The molecule has 0 spiro atoms. The van der Waals surface area contributed by atoms with Gasteiger partial charge in [-0.05, 0) is 19.3 Å². The molecule has 0 aliphatic carbocycles. The second kappa shape index (κ2) is 4.42. The zero-order valence-corrected chi connectivity index (χ0v) is 11.9. The van der Waals surface area contributed by atoms with E-state index < -0.39 is 10.0 Å². The lowest BCUT2D eigenvalue weighted by Gasteiger charge is -2.27. The molecule has 1 aromatic heterocycles. The van der Waals surface area contributed by atoms with E-state index in [1.54, 1.807) is 13.1 Å². The van der Waals surface area contributed by atoms with Crippen LogP contribution in [0.5, 0.6) is 0 Å². The summed E-state index contributed by atoms with van der Waals surface area (Å²) in [7, 11) is -3.50. The van der Waals surface area contributed by atoms with Crippen LogP contribution < -0.4 is 5.14 Å². The van der Waals surface area contributed by atoms with E-state index >= 15 is 0 Å². The number of nitrogens with zero attached hydrogens (tertiary/aromatic N) is 2. The highest BCUT2D eigenvalue weighted by Crippen LogP contribution is 2.30. The Labute approximate surface area is 103 Å². The van der Waals surface area contributed by atoms with E-state index in [0.29, 0.717) is 5.56 Å². The van der Waals surface area contributed by atoms with Crippen molar-refractivity contribution in [3.63, 3.8) is 0 Å². The van der Waals surface area contributed by atoms with Gasteiger partial charge in [0.2, 0.25) is 10.0 Å². The van der Waals surface area contributed by atoms with E-state index in [2.05, 4.69) is 32.8 Å². The van der Waals surface area contributed by atoms with E-state index in [1.165, 1.54) is 0 Å². The van der Waals surface area contributed by atoms with Crippen molar-refractivity contribution in [3.8, 4) is 0 Å². The molecule has 1 heterocycles.